The van der Waals surface area contributed by atoms with Crippen LogP contribution in [0.4, 0.5) is 5.69 Å². The number of hydrogen-bond acceptors (Lipinski definition) is 3. The summed E-state index contributed by atoms with van der Waals surface area (Å²) in [4.78, 5) is 13.8. The number of hydrogen-bond donors (Lipinski definition) is 1. The number of methoxy groups -OCH3 is 1. The van der Waals surface area contributed by atoms with Crippen LogP contribution in [0, 0.1) is 0 Å². The molecule has 4 nitrogen and oxygen atoms in total. The number of fused-ring (bicyclic) bond motifs is 3. The molecule has 3 rings (SSSR count). The zero-order chi connectivity index (χ0) is 12.0. The average molecular weight is 253 g/mol. The Morgan fingerprint density at radius 1 is 1.53 bits per heavy atom. The molecule has 0 bridgehead atoms. The van der Waals surface area contributed by atoms with Crippen LogP contribution in [-0.2, 0) is 11.2 Å². The summed E-state index contributed by atoms with van der Waals surface area (Å²) in [5, 5.41) is 3.83. The Balaban J connectivity index is 2.16. The number of nitrogens with zero attached hydrogens (tertiary/aromatic N) is 1. The molecule has 90 valence electrons. The second-order valence-corrected chi connectivity index (χ2v) is 4.74. The summed E-state index contributed by atoms with van der Waals surface area (Å²) in [5.74, 6) is 0.808. The first-order chi connectivity index (χ1) is 8.22. The Bertz CT molecular complexity index is 490. The summed E-state index contributed by atoms with van der Waals surface area (Å²) in [6.07, 6.45) is 0.796. The van der Waals surface area contributed by atoms with Crippen LogP contribution in [0.3, 0.4) is 0 Å². The molecule has 1 amide bonds. The van der Waals surface area contributed by atoms with Crippen molar-refractivity contribution in [3.05, 3.63) is 22.7 Å². The summed E-state index contributed by atoms with van der Waals surface area (Å²) in [5.41, 5.74) is 1.88. The smallest absolute Gasteiger partial charge is 0.241 e. The van der Waals surface area contributed by atoms with Crippen LogP contribution in [0.1, 0.15) is 5.56 Å². The van der Waals surface area contributed by atoms with Crippen molar-refractivity contribution < 1.29 is 9.53 Å². The van der Waals surface area contributed by atoms with Gasteiger partial charge in [0.05, 0.1) is 25.4 Å². The van der Waals surface area contributed by atoms with E-state index in [4.69, 9.17) is 16.3 Å². The topological polar surface area (TPSA) is 41.6 Å². The van der Waals surface area contributed by atoms with Gasteiger partial charge in [0.25, 0.3) is 0 Å². The van der Waals surface area contributed by atoms with E-state index < -0.39 is 0 Å². The quantitative estimate of drug-likeness (QED) is 0.817. The van der Waals surface area contributed by atoms with Crippen molar-refractivity contribution in [2.45, 2.75) is 12.5 Å². The molecule has 0 radical (unpaired) electrons. The fourth-order valence-corrected chi connectivity index (χ4v) is 2.88. The highest BCUT2D eigenvalue weighted by molar-refractivity contribution is 6.32. The van der Waals surface area contributed by atoms with Gasteiger partial charge >= 0.3 is 0 Å². The van der Waals surface area contributed by atoms with Crippen LogP contribution in [0.2, 0.25) is 5.02 Å². The van der Waals surface area contributed by atoms with E-state index in [1.807, 2.05) is 17.0 Å². The van der Waals surface area contributed by atoms with Gasteiger partial charge in [0.15, 0.2) is 0 Å². The second-order valence-electron chi connectivity index (χ2n) is 4.33. The number of carbonyl (C=O) groups is 1. The van der Waals surface area contributed by atoms with Gasteiger partial charge < -0.3 is 15.0 Å². The van der Waals surface area contributed by atoms with Crippen LogP contribution in [0.15, 0.2) is 12.1 Å². The Labute approximate surface area is 104 Å². The Morgan fingerprint density at radius 2 is 2.35 bits per heavy atom. The number of carbonyl (C=O) groups excluding carboxylic acids is 1. The fraction of sp³-hybridized carbons (Fsp3) is 0.417. The molecule has 1 fully saturated rings. The van der Waals surface area contributed by atoms with Crippen molar-refractivity contribution >= 4 is 23.2 Å². The first kappa shape index (κ1) is 10.9. The molecule has 0 aromatic heterocycles. The summed E-state index contributed by atoms with van der Waals surface area (Å²) < 4.78 is 5.34. The molecule has 1 N–H and O–H groups in total. The SMILES string of the molecule is COc1ccc(Cl)c2c1N1C(=O)CNCC1C2. The summed E-state index contributed by atoms with van der Waals surface area (Å²) in [6, 6.07) is 3.81. The Morgan fingerprint density at radius 3 is 3.12 bits per heavy atom. The molecule has 1 aromatic carbocycles. The third-order valence-corrected chi connectivity index (χ3v) is 3.73. The molecule has 1 aromatic rings. The van der Waals surface area contributed by atoms with Crippen molar-refractivity contribution in [1.82, 2.24) is 5.32 Å². The molecular formula is C12H13ClN2O2. The van der Waals surface area contributed by atoms with E-state index in [2.05, 4.69) is 5.32 Å². The zero-order valence-electron chi connectivity index (χ0n) is 9.50. The third kappa shape index (κ3) is 1.51. The molecule has 5 heteroatoms. The lowest BCUT2D eigenvalue weighted by Crippen LogP contribution is -2.53. The van der Waals surface area contributed by atoms with Crippen molar-refractivity contribution in [3.8, 4) is 5.75 Å². The number of nitrogens with one attached hydrogen (secondary N) is 1. The lowest BCUT2D eigenvalue weighted by molar-refractivity contribution is -0.119. The number of anilines is 1. The van der Waals surface area contributed by atoms with E-state index in [9.17, 15) is 4.79 Å². The van der Waals surface area contributed by atoms with Gasteiger partial charge in [0, 0.05) is 17.1 Å². The second kappa shape index (κ2) is 3.89. The highest BCUT2D eigenvalue weighted by Gasteiger charge is 2.39. The van der Waals surface area contributed by atoms with Crippen molar-refractivity contribution in [2.24, 2.45) is 0 Å². The van der Waals surface area contributed by atoms with Gasteiger partial charge in [-0.2, -0.15) is 0 Å². The lowest BCUT2D eigenvalue weighted by atomic mass is 10.1. The Kier molecular flexibility index (Phi) is 2.49. The first-order valence-electron chi connectivity index (χ1n) is 5.60. The maximum Gasteiger partial charge on any atom is 0.241 e. The zero-order valence-corrected chi connectivity index (χ0v) is 10.3. The number of piperazine rings is 1. The molecule has 2 heterocycles. The van der Waals surface area contributed by atoms with Crippen LogP contribution in [-0.4, -0.2) is 32.1 Å². The minimum atomic E-state index is 0.0839. The van der Waals surface area contributed by atoms with Crippen molar-refractivity contribution in [3.63, 3.8) is 0 Å². The van der Waals surface area contributed by atoms with Crippen LogP contribution >= 0.6 is 11.6 Å². The highest BCUT2D eigenvalue weighted by atomic mass is 35.5. The Hall–Kier alpha value is -1.26. The third-order valence-electron chi connectivity index (χ3n) is 3.38. The minimum Gasteiger partial charge on any atom is -0.495 e. The monoisotopic (exact) mass is 252 g/mol. The van der Waals surface area contributed by atoms with E-state index in [0.717, 1.165) is 30.0 Å². The molecular weight excluding hydrogens is 240 g/mol. The predicted octanol–water partition coefficient (Wildman–Crippen LogP) is 1.21. The molecule has 17 heavy (non-hydrogen) atoms. The number of amides is 1. The molecule has 1 unspecified atom stereocenters. The van der Waals surface area contributed by atoms with Gasteiger partial charge in [-0.05, 0) is 18.6 Å². The standard InChI is InChI=1S/C12H13ClN2O2/c1-17-10-3-2-9(13)8-4-7-5-14-6-11(16)15(7)12(8)10/h2-3,7,14H,4-6H2,1H3. The van der Waals surface area contributed by atoms with E-state index in [1.54, 1.807) is 7.11 Å². The summed E-state index contributed by atoms with van der Waals surface area (Å²) in [7, 11) is 1.61. The molecule has 0 aliphatic carbocycles. The highest BCUT2D eigenvalue weighted by Crippen LogP contribution is 2.44. The van der Waals surface area contributed by atoms with Gasteiger partial charge in [-0.1, -0.05) is 11.6 Å². The first-order valence-corrected chi connectivity index (χ1v) is 5.98. The molecule has 0 saturated carbocycles. The summed E-state index contributed by atoms with van der Waals surface area (Å²) in [6.45, 7) is 1.19. The predicted molar refractivity (Wildman–Crippen MR) is 65.9 cm³/mol. The maximum atomic E-state index is 12.0. The molecule has 1 atom stereocenters. The van der Waals surface area contributed by atoms with Gasteiger partial charge in [0.1, 0.15) is 5.75 Å². The van der Waals surface area contributed by atoms with Gasteiger partial charge in [-0.15, -0.1) is 0 Å². The van der Waals surface area contributed by atoms with E-state index >= 15 is 0 Å². The lowest BCUT2D eigenvalue weighted by Gasteiger charge is -2.31. The van der Waals surface area contributed by atoms with Gasteiger partial charge in [0.2, 0.25) is 5.91 Å². The van der Waals surface area contributed by atoms with E-state index in [1.165, 1.54) is 0 Å². The van der Waals surface area contributed by atoms with Crippen LogP contribution < -0.4 is 15.0 Å². The van der Waals surface area contributed by atoms with E-state index in [0.29, 0.717) is 11.6 Å². The number of halogens is 1. The maximum absolute atomic E-state index is 12.0. The molecule has 2 aliphatic rings. The van der Waals surface area contributed by atoms with E-state index in [-0.39, 0.29) is 11.9 Å². The molecule has 2 aliphatic heterocycles. The largest absolute Gasteiger partial charge is 0.495 e. The van der Waals surface area contributed by atoms with Crippen LogP contribution in [0.25, 0.3) is 0 Å². The van der Waals surface area contributed by atoms with Crippen LogP contribution in [0.5, 0.6) is 5.75 Å². The number of ether oxygens (including phenoxy) is 1. The number of rotatable bonds is 1. The molecule has 1 saturated heterocycles. The van der Waals surface area contributed by atoms with Crippen molar-refractivity contribution in [2.75, 3.05) is 25.1 Å². The van der Waals surface area contributed by atoms with Crippen molar-refractivity contribution in [1.29, 1.82) is 0 Å². The minimum absolute atomic E-state index is 0.0839. The number of benzene rings is 1. The van der Waals surface area contributed by atoms with Gasteiger partial charge in [-0.3, -0.25) is 4.79 Å². The molecule has 0 spiro atoms. The fourth-order valence-electron chi connectivity index (χ4n) is 2.65. The van der Waals surface area contributed by atoms with Gasteiger partial charge in [-0.25, -0.2) is 0 Å². The normalized spacial score (nSPS) is 22.4. The average Bonchev–Trinajstić information content (AvgIpc) is 2.71. The summed E-state index contributed by atoms with van der Waals surface area (Å²) >= 11 is 6.20.